The van der Waals surface area contributed by atoms with Crippen molar-refractivity contribution < 1.29 is 9.84 Å². The van der Waals surface area contributed by atoms with Gasteiger partial charge >= 0.3 is 0 Å². The molecule has 1 aromatic heterocycles. The lowest BCUT2D eigenvalue weighted by atomic mass is 10.1. The Balaban J connectivity index is 2.16. The molecular weight excluding hydrogens is 244 g/mol. The number of hydrogen-bond donors (Lipinski definition) is 3. The predicted octanol–water partition coefficient (Wildman–Crippen LogP) is 1.09. The largest absolute Gasteiger partial charge is 0.394 e. The van der Waals surface area contributed by atoms with Crippen LogP contribution in [0, 0.1) is 0 Å². The number of ether oxygens (including phenoxy) is 1. The smallest absolute Gasteiger partial charge is 0.222 e. The van der Waals surface area contributed by atoms with Crippen LogP contribution < -0.4 is 11.1 Å². The number of anilines is 2. The summed E-state index contributed by atoms with van der Waals surface area (Å²) in [4.78, 5) is 8.50. The highest BCUT2D eigenvalue weighted by Crippen LogP contribution is 2.24. The molecule has 0 amide bonds. The summed E-state index contributed by atoms with van der Waals surface area (Å²) in [5.41, 5.74) is 7.65. The monoisotopic (exact) mass is 266 g/mol. The maximum Gasteiger partial charge on any atom is 0.222 e. The zero-order valence-electron chi connectivity index (χ0n) is 11.4. The average Bonchev–Trinajstić information content (AvgIpc) is 2.43. The van der Waals surface area contributed by atoms with Gasteiger partial charge in [0, 0.05) is 12.0 Å². The van der Waals surface area contributed by atoms with E-state index in [2.05, 4.69) is 22.2 Å². The Kier molecular flexibility index (Phi) is 4.93. The van der Waals surface area contributed by atoms with Crippen LogP contribution >= 0.6 is 0 Å². The highest BCUT2D eigenvalue weighted by atomic mass is 16.5. The summed E-state index contributed by atoms with van der Waals surface area (Å²) in [6.45, 7) is 3.39. The number of nitrogens with two attached hydrogens (primary N) is 1. The first-order chi connectivity index (χ1) is 9.24. The van der Waals surface area contributed by atoms with Crippen molar-refractivity contribution in [3.63, 3.8) is 0 Å². The quantitative estimate of drug-likeness (QED) is 0.714. The summed E-state index contributed by atoms with van der Waals surface area (Å²) in [6, 6.07) is 0.000256. The van der Waals surface area contributed by atoms with Crippen LogP contribution in [0.3, 0.4) is 0 Å². The predicted molar refractivity (Wildman–Crippen MR) is 73.8 cm³/mol. The van der Waals surface area contributed by atoms with Crippen LogP contribution in [0.15, 0.2) is 0 Å². The van der Waals surface area contributed by atoms with Crippen molar-refractivity contribution in [3.05, 3.63) is 11.3 Å². The van der Waals surface area contributed by atoms with E-state index in [1.165, 1.54) is 0 Å². The summed E-state index contributed by atoms with van der Waals surface area (Å²) in [5, 5.41) is 12.7. The molecule has 1 aliphatic heterocycles. The lowest BCUT2D eigenvalue weighted by Crippen LogP contribution is -2.27. The van der Waals surface area contributed by atoms with E-state index in [0.717, 1.165) is 36.9 Å². The van der Waals surface area contributed by atoms with Crippen molar-refractivity contribution in [1.29, 1.82) is 0 Å². The second-order valence-electron chi connectivity index (χ2n) is 4.82. The van der Waals surface area contributed by atoms with Crippen molar-refractivity contribution in [3.8, 4) is 0 Å². The first kappa shape index (κ1) is 14.0. The Morgan fingerprint density at radius 2 is 2.32 bits per heavy atom. The number of aliphatic hydroxyl groups excluding tert-OH is 1. The molecule has 0 aliphatic carbocycles. The second kappa shape index (κ2) is 6.68. The Morgan fingerprint density at radius 1 is 1.47 bits per heavy atom. The molecule has 19 heavy (non-hydrogen) atoms. The van der Waals surface area contributed by atoms with Crippen molar-refractivity contribution in [2.24, 2.45) is 0 Å². The SMILES string of the molecule is CCCCC(CO)Nc1nc(N)nc2c1COCC2. The van der Waals surface area contributed by atoms with Gasteiger partial charge in [-0.15, -0.1) is 0 Å². The first-order valence-electron chi connectivity index (χ1n) is 6.85. The fraction of sp³-hybridized carbons (Fsp3) is 0.692. The standard InChI is InChI=1S/C13H22N4O2/c1-2-3-4-9(7-18)15-12-10-8-19-6-5-11(10)16-13(14)17-12/h9,18H,2-8H2,1H3,(H3,14,15,16,17). The number of unbranched alkanes of at least 4 members (excludes halogenated alkanes) is 1. The number of nitrogen functional groups attached to an aromatic ring is 1. The van der Waals surface area contributed by atoms with Gasteiger partial charge in [0.15, 0.2) is 0 Å². The van der Waals surface area contributed by atoms with Gasteiger partial charge in [0.05, 0.1) is 31.6 Å². The van der Waals surface area contributed by atoms with E-state index in [0.29, 0.717) is 19.0 Å². The fourth-order valence-corrected chi connectivity index (χ4v) is 2.22. The number of aliphatic hydroxyl groups is 1. The van der Waals surface area contributed by atoms with Gasteiger partial charge in [0.1, 0.15) is 5.82 Å². The maximum atomic E-state index is 9.42. The zero-order valence-corrected chi connectivity index (χ0v) is 11.4. The topological polar surface area (TPSA) is 93.3 Å². The molecule has 0 bridgehead atoms. The molecule has 1 atom stereocenters. The fourth-order valence-electron chi connectivity index (χ4n) is 2.22. The molecule has 2 rings (SSSR count). The van der Waals surface area contributed by atoms with E-state index in [1.807, 2.05) is 0 Å². The molecule has 6 nitrogen and oxygen atoms in total. The van der Waals surface area contributed by atoms with Crippen molar-refractivity contribution in [1.82, 2.24) is 9.97 Å². The maximum absolute atomic E-state index is 9.42. The summed E-state index contributed by atoms with van der Waals surface area (Å²) < 4.78 is 5.45. The summed E-state index contributed by atoms with van der Waals surface area (Å²) in [7, 11) is 0. The normalized spacial score (nSPS) is 15.9. The van der Waals surface area contributed by atoms with Gasteiger partial charge in [-0.2, -0.15) is 4.98 Å². The molecule has 1 unspecified atom stereocenters. The van der Waals surface area contributed by atoms with Gasteiger partial charge in [0.25, 0.3) is 0 Å². The van der Waals surface area contributed by atoms with E-state index in [-0.39, 0.29) is 18.6 Å². The number of rotatable bonds is 6. The molecular formula is C13H22N4O2. The zero-order chi connectivity index (χ0) is 13.7. The van der Waals surface area contributed by atoms with E-state index in [4.69, 9.17) is 10.5 Å². The minimum Gasteiger partial charge on any atom is -0.394 e. The molecule has 6 heteroatoms. The lowest BCUT2D eigenvalue weighted by Gasteiger charge is -2.22. The molecule has 106 valence electrons. The van der Waals surface area contributed by atoms with Gasteiger partial charge in [-0.1, -0.05) is 19.8 Å². The molecule has 0 saturated heterocycles. The van der Waals surface area contributed by atoms with Crippen LogP contribution in [0.1, 0.15) is 37.4 Å². The summed E-state index contributed by atoms with van der Waals surface area (Å²) >= 11 is 0. The molecule has 0 aromatic carbocycles. The van der Waals surface area contributed by atoms with Crippen LogP contribution in [0.4, 0.5) is 11.8 Å². The van der Waals surface area contributed by atoms with Crippen molar-refractivity contribution >= 4 is 11.8 Å². The van der Waals surface area contributed by atoms with Crippen LogP contribution in [0.2, 0.25) is 0 Å². The van der Waals surface area contributed by atoms with E-state index < -0.39 is 0 Å². The molecule has 4 N–H and O–H groups in total. The molecule has 0 fully saturated rings. The van der Waals surface area contributed by atoms with E-state index in [1.54, 1.807) is 0 Å². The van der Waals surface area contributed by atoms with Crippen LogP contribution in [-0.4, -0.2) is 34.3 Å². The van der Waals surface area contributed by atoms with Gasteiger partial charge in [-0.25, -0.2) is 4.98 Å². The third-order valence-corrected chi connectivity index (χ3v) is 3.31. The number of nitrogens with zero attached hydrogens (tertiary/aromatic N) is 2. The Hall–Kier alpha value is -1.40. The van der Waals surface area contributed by atoms with Crippen LogP contribution in [0.5, 0.6) is 0 Å². The molecule has 2 heterocycles. The highest BCUT2D eigenvalue weighted by molar-refractivity contribution is 5.50. The van der Waals surface area contributed by atoms with Gasteiger partial charge in [0.2, 0.25) is 5.95 Å². The molecule has 0 saturated carbocycles. The van der Waals surface area contributed by atoms with E-state index >= 15 is 0 Å². The molecule has 0 radical (unpaired) electrons. The minimum absolute atomic E-state index is 0.000256. The van der Waals surface area contributed by atoms with Gasteiger partial charge in [-0.05, 0) is 6.42 Å². The van der Waals surface area contributed by atoms with E-state index in [9.17, 15) is 5.11 Å². The van der Waals surface area contributed by atoms with Crippen LogP contribution in [0.25, 0.3) is 0 Å². The Labute approximate surface area is 113 Å². The minimum atomic E-state index is 0.000256. The average molecular weight is 266 g/mol. The van der Waals surface area contributed by atoms with Crippen molar-refractivity contribution in [2.75, 3.05) is 24.3 Å². The third-order valence-electron chi connectivity index (χ3n) is 3.31. The Bertz CT molecular complexity index is 425. The summed E-state index contributed by atoms with van der Waals surface area (Å²) in [5.74, 6) is 0.979. The van der Waals surface area contributed by atoms with Gasteiger partial charge in [-0.3, -0.25) is 0 Å². The molecule has 0 spiro atoms. The third kappa shape index (κ3) is 3.54. The molecule has 1 aromatic rings. The molecule has 1 aliphatic rings. The number of nitrogens with one attached hydrogen (secondary N) is 1. The number of aromatic nitrogens is 2. The lowest BCUT2D eigenvalue weighted by molar-refractivity contribution is 0.109. The number of fused-ring (bicyclic) bond motifs is 1. The van der Waals surface area contributed by atoms with Crippen LogP contribution in [-0.2, 0) is 17.8 Å². The highest BCUT2D eigenvalue weighted by Gasteiger charge is 2.19. The Morgan fingerprint density at radius 3 is 3.05 bits per heavy atom. The first-order valence-corrected chi connectivity index (χ1v) is 6.85. The second-order valence-corrected chi connectivity index (χ2v) is 4.82. The number of hydrogen-bond acceptors (Lipinski definition) is 6. The summed E-state index contributed by atoms with van der Waals surface area (Å²) in [6.07, 6.45) is 3.84. The van der Waals surface area contributed by atoms with Crippen molar-refractivity contribution in [2.45, 2.75) is 45.3 Å². The van der Waals surface area contributed by atoms with Gasteiger partial charge < -0.3 is 20.9 Å².